The van der Waals surface area contributed by atoms with Crippen LogP contribution in [0.5, 0.6) is 17.2 Å². The summed E-state index contributed by atoms with van der Waals surface area (Å²) in [6.07, 6.45) is -24.2. The van der Waals surface area contributed by atoms with Crippen LogP contribution in [0.2, 0.25) is 0 Å². The van der Waals surface area contributed by atoms with Crippen LogP contribution < -0.4 is 4.74 Å². The first-order chi connectivity index (χ1) is 34.8. The molecule has 416 valence electrons. The third kappa shape index (κ3) is 11.5. The monoisotopic (exact) mass is 1050 g/mol. The summed E-state index contributed by atoms with van der Waals surface area (Å²) in [6.45, 7) is 12.1. The van der Waals surface area contributed by atoms with E-state index in [1.807, 2.05) is 0 Å². The van der Waals surface area contributed by atoms with Crippen molar-refractivity contribution in [1.82, 2.24) is 0 Å². The molecular weight excluding hydrogens is 981 g/mol. The van der Waals surface area contributed by atoms with Gasteiger partial charge < -0.3 is 103 Å². The van der Waals surface area contributed by atoms with E-state index in [0.717, 1.165) is 6.92 Å². The molecule has 0 aromatic heterocycles. The van der Waals surface area contributed by atoms with E-state index in [1.54, 1.807) is 40.7 Å². The second-order valence-corrected chi connectivity index (χ2v) is 21.2. The Morgan fingerprint density at radius 1 is 0.689 bits per heavy atom. The SMILES string of the molecule is CO[C@@H](C1Cc2cc3cc(O[C@H]4C[C@@H](O[C@H]5C[C@@H](O)[C@H](O)[C@@H](C)O5)[C@H](O)[C@@H](C)O4)c(C)c(O)c3c(O)c2C(=O)[C@H]1O[C@H]1C[C@@H](O[C@H]2C[C@@H](O[C@H]3C[C@](C)(O)[C@H](O)[C@@H](C)O3)[C@@H](O)[C@@H](C)O2)[C@H](O)[C@@H](C)O1)[C@@H](O)C(C)=O. The van der Waals surface area contributed by atoms with Gasteiger partial charge in [-0.25, -0.2) is 0 Å². The molecule has 5 fully saturated rings. The highest BCUT2D eigenvalue weighted by atomic mass is 16.7. The number of ketones is 2. The summed E-state index contributed by atoms with van der Waals surface area (Å²) in [7, 11) is 1.26. The quantitative estimate of drug-likeness (QED) is 0.122. The third-order valence-electron chi connectivity index (χ3n) is 15.6. The molecule has 1 unspecified atom stereocenters. The Hall–Kier alpha value is -3.28. The van der Waals surface area contributed by atoms with Crippen LogP contribution in [0, 0.1) is 12.8 Å². The molecule has 1 aliphatic carbocycles. The molecule has 0 spiro atoms. The number of rotatable bonds is 14. The zero-order valence-corrected chi connectivity index (χ0v) is 43.0. The van der Waals surface area contributed by atoms with Crippen molar-refractivity contribution >= 4 is 22.3 Å². The van der Waals surface area contributed by atoms with Crippen molar-refractivity contribution in [2.45, 2.75) is 235 Å². The average molecular weight is 1060 g/mol. The van der Waals surface area contributed by atoms with E-state index in [4.69, 9.17) is 52.1 Å². The first kappa shape index (κ1) is 56.9. The van der Waals surface area contributed by atoms with Gasteiger partial charge >= 0.3 is 0 Å². The summed E-state index contributed by atoms with van der Waals surface area (Å²) in [4.78, 5) is 27.7. The number of hydrogen-bond donors (Lipinski definition) is 10. The highest BCUT2D eigenvalue weighted by Crippen LogP contribution is 2.48. The fourth-order valence-corrected chi connectivity index (χ4v) is 11.2. The van der Waals surface area contributed by atoms with E-state index in [9.17, 15) is 60.7 Å². The largest absolute Gasteiger partial charge is 0.507 e. The van der Waals surface area contributed by atoms with E-state index in [-0.39, 0.29) is 71.7 Å². The molecule has 2 aromatic carbocycles. The Morgan fingerprint density at radius 3 is 1.70 bits per heavy atom. The van der Waals surface area contributed by atoms with E-state index in [1.165, 1.54) is 27.0 Å². The number of aliphatic hydroxyl groups excluding tert-OH is 7. The molecule has 74 heavy (non-hydrogen) atoms. The van der Waals surface area contributed by atoms with Crippen LogP contribution in [0.25, 0.3) is 10.8 Å². The maximum atomic E-state index is 14.9. The molecule has 10 N–H and O–H groups in total. The first-order valence-electron chi connectivity index (χ1n) is 25.4. The van der Waals surface area contributed by atoms with Gasteiger partial charge in [0.05, 0.1) is 77.6 Å². The molecule has 5 aliphatic heterocycles. The van der Waals surface area contributed by atoms with Crippen molar-refractivity contribution in [3.05, 3.63) is 28.8 Å². The lowest BCUT2D eigenvalue weighted by atomic mass is 9.75. The zero-order valence-electron chi connectivity index (χ0n) is 43.0. The summed E-state index contributed by atoms with van der Waals surface area (Å²) >= 11 is 0. The second kappa shape index (κ2) is 22.6. The fourth-order valence-electron chi connectivity index (χ4n) is 11.2. The van der Waals surface area contributed by atoms with Gasteiger partial charge in [0.2, 0.25) is 6.29 Å². The fraction of sp³-hybridized carbons (Fsp3) is 0.765. The van der Waals surface area contributed by atoms with Crippen molar-refractivity contribution < 1.29 is 113 Å². The molecule has 0 bridgehead atoms. The maximum Gasteiger partial charge on any atom is 0.202 e. The Balaban J connectivity index is 1.03. The molecular formula is C51H74O23. The number of Topliss-reactive ketones (excluding diaryl/α,β-unsaturated/α-hetero) is 2. The minimum atomic E-state index is -1.72. The van der Waals surface area contributed by atoms with Gasteiger partial charge in [0.1, 0.15) is 60.0 Å². The molecule has 8 rings (SSSR count). The van der Waals surface area contributed by atoms with Gasteiger partial charge in [-0.05, 0) is 84.9 Å². The molecule has 0 amide bonds. The zero-order chi connectivity index (χ0) is 54.0. The number of phenolic OH excluding ortho intramolecular Hbond substituents is 2. The molecule has 0 saturated carbocycles. The van der Waals surface area contributed by atoms with Crippen LogP contribution in [0.15, 0.2) is 12.1 Å². The predicted molar refractivity (Wildman–Crippen MR) is 253 cm³/mol. The van der Waals surface area contributed by atoms with Crippen molar-refractivity contribution in [1.29, 1.82) is 0 Å². The lowest BCUT2D eigenvalue weighted by Gasteiger charge is -2.46. The van der Waals surface area contributed by atoms with Gasteiger partial charge in [-0.15, -0.1) is 0 Å². The molecule has 23 nitrogen and oxygen atoms in total. The van der Waals surface area contributed by atoms with Gasteiger partial charge in [-0.3, -0.25) is 9.59 Å². The highest BCUT2D eigenvalue weighted by Gasteiger charge is 2.51. The number of aliphatic hydroxyl groups is 8. The third-order valence-corrected chi connectivity index (χ3v) is 15.6. The summed E-state index contributed by atoms with van der Waals surface area (Å²) < 4.78 is 66.6. The smallest absolute Gasteiger partial charge is 0.202 e. The Bertz CT molecular complexity index is 2300. The molecule has 24 atom stereocenters. The highest BCUT2D eigenvalue weighted by molar-refractivity contribution is 6.11. The average Bonchev–Trinajstić information content (AvgIpc) is 3.32. The van der Waals surface area contributed by atoms with Crippen LogP contribution in [0.1, 0.15) is 102 Å². The van der Waals surface area contributed by atoms with Crippen LogP contribution in [-0.2, 0) is 58.6 Å². The number of benzene rings is 2. The lowest BCUT2D eigenvalue weighted by molar-refractivity contribution is -0.334. The van der Waals surface area contributed by atoms with Crippen LogP contribution >= 0.6 is 0 Å². The molecule has 23 heteroatoms. The number of fused-ring (bicyclic) bond motifs is 2. The van der Waals surface area contributed by atoms with Gasteiger partial charge in [-0.2, -0.15) is 0 Å². The molecule has 5 heterocycles. The molecule has 0 radical (unpaired) electrons. The first-order valence-corrected chi connectivity index (χ1v) is 25.4. The summed E-state index contributed by atoms with van der Waals surface area (Å²) in [6, 6.07) is 3.11. The van der Waals surface area contributed by atoms with E-state index in [2.05, 4.69) is 0 Å². The van der Waals surface area contributed by atoms with Gasteiger partial charge in [-0.1, -0.05) is 0 Å². The van der Waals surface area contributed by atoms with Crippen LogP contribution in [-0.4, -0.2) is 211 Å². The molecule has 5 saturated heterocycles. The number of methoxy groups -OCH3 is 1. The normalized spacial score (nSPS) is 42.9. The number of aromatic hydroxyl groups is 2. The molecule has 2 aromatic rings. The van der Waals surface area contributed by atoms with Crippen molar-refractivity contribution in [3.8, 4) is 17.2 Å². The maximum absolute atomic E-state index is 14.9. The Morgan fingerprint density at radius 2 is 1.18 bits per heavy atom. The van der Waals surface area contributed by atoms with Crippen molar-refractivity contribution in [3.63, 3.8) is 0 Å². The number of hydrogen-bond acceptors (Lipinski definition) is 23. The number of carbonyl (C=O) groups excluding carboxylic acids is 2. The summed E-state index contributed by atoms with van der Waals surface area (Å²) in [5.74, 6) is -3.42. The summed E-state index contributed by atoms with van der Waals surface area (Å²) in [5, 5.41) is 110. The minimum Gasteiger partial charge on any atom is -0.507 e. The number of carbonyl (C=O) groups is 2. The second-order valence-electron chi connectivity index (χ2n) is 21.2. The standard InChI is InChI=1S/C51H74O23/c1-18-29(70-34-14-30(43(57)21(4)66-34)71-33-13-28(53)42(56)20(3)65-33)12-26-10-25-11-27(48(64-9)41(55)19(2)52)49(47(61)39(25)46(60)38(26)40(18)54)74-36-16-31(44(58)23(6)68-36)72-35-15-32(45(59)22(5)67-35)73-37-17-51(8,63)50(62)24(7)69-37/h10,12,20-24,27-28,30-37,41-45,48-50,53-60,62-63H,11,13-17H2,1-9H3/t20-,21-,22-,23-,24-,27?,28-,30-,31-,32-,33+,34+,35+,36+,37+,41+,42-,43-,44-,45+,48+,49+,50-,51+/m1/s1. The van der Waals surface area contributed by atoms with Gasteiger partial charge in [0.25, 0.3) is 0 Å². The van der Waals surface area contributed by atoms with Crippen LogP contribution in [0.3, 0.4) is 0 Å². The van der Waals surface area contributed by atoms with E-state index in [0.29, 0.717) is 0 Å². The van der Waals surface area contributed by atoms with Crippen molar-refractivity contribution in [2.75, 3.05) is 7.11 Å². The Kier molecular flexibility index (Phi) is 17.4. The van der Waals surface area contributed by atoms with Gasteiger partial charge in [0, 0.05) is 50.7 Å². The lowest BCUT2D eigenvalue weighted by Crippen LogP contribution is -2.58. The minimum absolute atomic E-state index is 0.0165. The van der Waals surface area contributed by atoms with E-state index < -0.39 is 170 Å². The number of ether oxygens (including phenoxy) is 11. The molecule has 6 aliphatic rings. The van der Waals surface area contributed by atoms with Crippen LogP contribution in [0.4, 0.5) is 0 Å². The van der Waals surface area contributed by atoms with Gasteiger partial charge in [0.15, 0.2) is 36.7 Å². The van der Waals surface area contributed by atoms with Crippen molar-refractivity contribution in [2.24, 2.45) is 5.92 Å². The number of phenols is 2. The summed E-state index contributed by atoms with van der Waals surface area (Å²) in [5.41, 5.74) is -1.31. The predicted octanol–water partition coefficient (Wildman–Crippen LogP) is 0.390. The topological polar surface area (TPSA) is 338 Å². The van der Waals surface area contributed by atoms with E-state index >= 15 is 0 Å². The Labute approximate surface area is 428 Å².